The van der Waals surface area contributed by atoms with Gasteiger partial charge in [0.05, 0.1) is 31.9 Å². The summed E-state index contributed by atoms with van der Waals surface area (Å²) in [6.45, 7) is 5.66. The van der Waals surface area contributed by atoms with Crippen molar-refractivity contribution >= 4 is 13.5 Å². The van der Waals surface area contributed by atoms with Crippen LogP contribution in [0.15, 0.2) is 37.1 Å². The van der Waals surface area contributed by atoms with E-state index < -0.39 is 18.3 Å². The average Bonchev–Trinajstić information content (AvgIpc) is 3.01. The van der Waals surface area contributed by atoms with Crippen LogP contribution in [0.2, 0.25) is 6.32 Å². The summed E-state index contributed by atoms with van der Waals surface area (Å²) in [5.74, 6) is 0. The Labute approximate surface area is 137 Å². The Morgan fingerprint density at radius 2 is 2.35 bits per heavy atom. The summed E-state index contributed by atoms with van der Waals surface area (Å²) in [6, 6.07) is 0. The number of hydrogen-bond acceptors (Lipinski definition) is 5. The lowest BCUT2D eigenvalue weighted by molar-refractivity contribution is -0.172. The molecule has 0 aliphatic carbocycles. The smallest absolute Gasteiger partial charge is 0.132 e. The van der Waals surface area contributed by atoms with Crippen LogP contribution in [-0.4, -0.2) is 51.4 Å². The molecule has 122 valence electrons. The Bertz CT molecular complexity index is 585. The molecule has 4 unspecified atom stereocenters. The van der Waals surface area contributed by atoms with Crippen molar-refractivity contribution in [2.75, 3.05) is 0 Å². The molecule has 4 atom stereocenters. The summed E-state index contributed by atoms with van der Waals surface area (Å²) in [5.41, 5.74) is 1.21. The molecule has 0 aromatic carbocycles. The zero-order valence-corrected chi connectivity index (χ0v) is 13.2. The largest absolute Gasteiger partial charge is 0.390 e. The lowest BCUT2D eigenvalue weighted by atomic mass is 9.90. The number of rotatable bonds is 6. The number of ether oxygens (including phenoxy) is 1. The molecule has 2 radical (unpaired) electrons. The van der Waals surface area contributed by atoms with Gasteiger partial charge in [-0.25, -0.2) is 4.68 Å². The zero-order valence-electron chi connectivity index (χ0n) is 13.2. The van der Waals surface area contributed by atoms with Gasteiger partial charge in [-0.1, -0.05) is 30.3 Å². The monoisotopic (exact) mass is 315 g/mol. The number of hydrogen-bond donors (Lipinski definition) is 2. The maximum atomic E-state index is 10.2. The molecule has 2 rings (SSSR count). The summed E-state index contributed by atoms with van der Waals surface area (Å²) in [6.07, 6.45) is 7.53. The van der Waals surface area contributed by atoms with Gasteiger partial charge in [-0.3, -0.25) is 0 Å². The van der Waals surface area contributed by atoms with Gasteiger partial charge in [-0.15, -0.1) is 5.10 Å². The molecule has 0 amide bonds. The van der Waals surface area contributed by atoms with E-state index in [1.54, 1.807) is 17.0 Å². The molecular weight excluding hydrogens is 293 g/mol. The summed E-state index contributed by atoms with van der Waals surface area (Å²) in [7, 11) is 5.55. The van der Waals surface area contributed by atoms with Crippen molar-refractivity contribution < 1.29 is 14.9 Å². The van der Waals surface area contributed by atoms with Gasteiger partial charge in [-0.05, 0) is 25.5 Å². The van der Waals surface area contributed by atoms with Gasteiger partial charge < -0.3 is 14.9 Å². The summed E-state index contributed by atoms with van der Waals surface area (Å²) < 4.78 is 7.39. The maximum Gasteiger partial charge on any atom is 0.132 e. The maximum absolute atomic E-state index is 10.2. The average molecular weight is 315 g/mol. The van der Waals surface area contributed by atoms with E-state index in [2.05, 4.69) is 16.9 Å². The molecule has 1 saturated heterocycles. The van der Waals surface area contributed by atoms with E-state index in [-0.39, 0.29) is 6.10 Å². The lowest BCUT2D eigenvalue weighted by Gasteiger charge is -2.36. The third-order valence-corrected chi connectivity index (χ3v) is 3.77. The molecule has 2 heterocycles. The normalized spacial score (nSPS) is 29.1. The van der Waals surface area contributed by atoms with Crippen LogP contribution >= 0.6 is 0 Å². The van der Waals surface area contributed by atoms with Crippen LogP contribution in [0.1, 0.15) is 31.6 Å². The predicted octanol–water partition coefficient (Wildman–Crippen LogP) is 1.41. The molecule has 0 saturated carbocycles. The van der Waals surface area contributed by atoms with Gasteiger partial charge in [0.25, 0.3) is 0 Å². The second-order valence-corrected chi connectivity index (χ2v) is 5.46. The first-order valence-corrected chi connectivity index (χ1v) is 7.70. The van der Waals surface area contributed by atoms with E-state index in [1.165, 1.54) is 0 Å². The second kappa shape index (κ2) is 8.24. The fraction of sp³-hybridized carbons (Fsp3) is 0.500. The van der Waals surface area contributed by atoms with E-state index in [0.29, 0.717) is 24.9 Å². The number of aliphatic hydroxyl groups excluding tert-OH is 2. The fourth-order valence-electron chi connectivity index (χ4n) is 2.54. The van der Waals surface area contributed by atoms with Crippen LogP contribution in [0.25, 0.3) is 5.70 Å². The minimum atomic E-state index is -1.04. The zero-order chi connectivity index (χ0) is 16.8. The van der Waals surface area contributed by atoms with Crippen LogP contribution < -0.4 is 0 Å². The summed E-state index contributed by atoms with van der Waals surface area (Å²) in [5, 5.41) is 28.3. The molecule has 6 nitrogen and oxygen atoms in total. The van der Waals surface area contributed by atoms with Gasteiger partial charge in [0.15, 0.2) is 0 Å². The highest BCUT2D eigenvalue weighted by Gasteiger charge is 2.38. The molecular formula is C16H22BN3O3. The fourth-order valence-corrected chi connectivity index (χ4v) is 2.54. The SMILES string of the molecule is [B]CCC1CC(O)C(O)C(c2cn(/C(C=C)=C/C=C\C)nn2)O1. The Hall–Kier alpha value is -1.70. The van der Waals surface area contributed by atoms with Crippen molar-refractivity contribution in [3.05, 3.63) is 42.8 Å². The van der Waals surface area contributed by atoms with Crippen molar-refractivity contribution in [1.82, 2.24) is 15.0 Å². The van der Waals surface area contributed by atoms with E-state index >= 15 is 0 Å². The number of allylic oxidation sites excluding steroid dienone is 5. The molecule has 7 heteroatoms. The molecule has 1 fully saturated rings. The van der Waals surface area contributed by atoms with Crippen LogP contribution in [0, 0.1) is 0 Å². The topological polar surface area (TPSA) is 80.4 Å². The van der Waals surface area contributed by atoms with Crippen molar-refractivity contribution in [2.24, 2.45) is 0 Å². The molecule has 0 spiro atoms. The minimum absolute atomic E-state index is 0.203. The molecule has 1 aliphatic heterocycles. The van der Waals surface area contributed by atoms with Crippen LogP contribution in [0.4, 0.5) is 0 Å². The third kappa shape index (κ3) is 4.19. The van der Waals surface area contributed by atoms with Crippen molar-refractivity contribution in [3.63, 3.8) is 0 Å². The third-order valence-electron chi connectivity index (χ3n) is 3.77. The number of aromatic nitrogens is 3. The number of aliphatic hydroxyl groups is 2. The molecule has 1 aromatic rings. The van der Waals surface area contributed by atoms with E-state index in [1.807, 2.05) is 25.2 Å². The molecule has 1 aliphatic rings. The highest BCUT2D eigenvalue weighted by molar-refractivity contribution is 6.08. The Balaban J connectivity index is 2.22. The lowest BCUT2D eigenvalue weighted by Crippen LogP contribution is -2.43. The minimum Gasteiger partial charge on any atom is -0.390 e. The summed E-state index contributed by atoms with van der Waals surface area (Å²) >= 11 is 0. The first-order chi connectivity index (χ1) is 11.1. The molecule has 2 N–H and O–H groups in total. The Morgan fingerprint density at radius 1 is 1.57 bits per heavy atom. The van der Waals surface area contributed by atoms with Gasteiger partial charge in [0, 0.05) is 6.42 Å². The molecule has 0 bridgehead atoms. The highest BCUT2D eigenvalue weighted by Crippen LogP contribution is 2.32. The number of nitrogens with zero attached hydrogens (tertiary/aromatic N) is 3. The molecule has 1 aromatic heterocycles. The van der Waals surface area contributed by atoms with E-state index in [0.717, 1.165) is 5.70 Å². The standard InChI is InChI=1S/C16H22BN3O3/c1-3-5-6-11(4-2)20-10-13(18-19-20)16-15(22)14(21)9-12(23-16)7-8-17/h3-6,10,12,14-16,21-22H,2,7-9H2,1H3/b5-3-,11-6+. The summed E-state index contributed by atoms with van der Waals surface area (Å²) in [4.78, 5) is 0. The quantitative estimate of drug-likeness (QED) is 0.613. The first kappa shape index (κ1) is 17.7. The Kier molecular flexibility index (Phi) is 6.33. The van der Waals surface area contributed by atoms with Gasteiger partial charge in [0.1, 0.15) is 17.9 Å². The first-order valence-electron chi connectivity index (χ1n) is 7.70. The Morgan fingerprint density at radius 3 is 3.00 bits per heavy atom. The van der Waals surface area contributed by atoms with Crippen LogP contribution in [0.5, 0.6) is 0 Å². The van der Waals surface area contributed by atoms with Crippen LogP contribution in [-0.2, 0) is 4.74 Å². The second-order valence-electron chi connectivity index (χ2n) is 5.46. The van der Waals surface area contributed by atoms with Gasteiger partial charge in [0.2, 0.25) is 0 Å². The van der Waals surface area contributed by atoms with Gasteiger partial charge >= 0.3 is 0 Å². The highest BCUT2D eigenvalue weighted by atomic mass is 16.5. The van der Waals surface area contributed by atoms with Crippen molar-refractivity contribution in [1.29, 1.82) is 0 Å². The van der Waals surface area contributed by atoms with Crippen molar-refractivity contribution in [2.45, 2.75) is 50.5 Å². The molecule has 23 heavy (non-hydrogen) atoms. The predicted molar refractivity (Wildman–Crippen MR) is 88.7 cm³/mol. The van der Waals surface area contributed by atoms with Crippen LogP contribution in [0.3, 0.4) is 0 Å². The van der Waals surface area contributed by atoms with Gasteiger partial charge in [-0.2, -0.15) is 0 Å². The van der Waals surface area contributed by atoms with E-state index in [4.69, 9.17) is 12.6 Å². The van der Waals surface area contributed by atoms with Crippen molar-refractivity contribution in [3.8, 4) is 0 Å². The van der Waals surface area contributed by atoms with E-state index in [9.17, 15) is 10.2 Å².